The van der Waals surface area contributed by atoms with Gasteiger partial charge < -0.3 is 9.84 Å². The van der Waals surface area contributed by atoms with E-state index < -0.39 is 0 Å². The van der Waals surface area contributed by atoms with Crippen molar-refractivity contribution in [3.8, 4) is 5.75 Å². The molecule has 0 saturated heterocycles. The van der Waals surface area contributed by atoms with Crippen molar-refractivity contribution >= 4 is 0 Å². The molecule has 1 aliphatic rings. The largest absolute Gasteiger partial charge is 0.490 e. The van der Waals surface area contributed by atoms with Crippen molar-refractivity contribution in [2.24, 2.45) is 0 Å². The first-order valence-corrected chi connectivity index (χ1v) is 5.08. The third kappa shape index (κ3) is 1.90. The molecule has 14 heavy (non-hydrogen) atoms. The molecule has 0 atom stereocenters. The van der Waals surface area contributed by atoms with E-state index in [2.05, 4.69) is 0 Å². The van der Waals surface area contributed by atoms with Gasteiger partial charge in [0, 0.05) is 0 Å². The molecule has 0 heterocycles. The molecule has 2 rings (SSSR count). The first kappa shape index (κ1) is 9.53. The van der Waals surface area contributed by atoms with Gasteiger partial charge in [0.2, 0.25) is 0 Å². The zero-order valence-corrected chi connectivity index (χ0v) is 8.71. The number of hydrogen-bond acceptors (Lipinski definition) is 2. The van der Waals surface area contributed by atoms with Crippen molar-refractivity contribution in [3.63, 3.8) is 0 Å². The van der Waals surface area contributed by atoms with Gasteiger partial charge in [-0.05, 0) is 43.4 Å². The van der Waals surface area contributed by atoms with Crippen LogP contribution < -0.4 is 4.74 Å². The van der Waals surface area contributed by atoms with Crippen LogP contribution in [0.3, 0.4) is 0 Å². The van der Waals surface area contributed by atoms with E-state index in [0.29, 0.717) is 6.10 Å². The first-order chi connectivity index (χ1) is 6.70. The van der Waals surface area contributed by atoms with Crippen molar-refractivity contribution in [3.05, 3.63) is 28.8 Å². The smallest absolute Gasteiger partial charge is 0.125 e. The lowest BCUT2D eigenvalue weighted by molar-refractivity contribution is 0.280. The SMILES string of the molecule is Cc1cc(CO)cc(C)c1OC1CC1. The fraction of sp³-hybridized carbons (Fsp3) is 0.500. The summed E-state index contributed by atoms with van der Waals surface area (Å²) >= 11 is 0. The highest BCUT2D eigenvalue weighted by molar-refractivity contribution is 5.43. The predicted octanol–water partition coefficient (Wildman–Crippen LogP) is 2.34. The van der Waals surface area contributed by atoms with Crippen LogP contribution in [0.25, 0.3) is 0 Å². The van der Waals surface area contributed by atoms with Crippen molar-refractivity contribution in [2.75, 3.05) is 0 Å². The molecule has 1 saturated carbocycles. The Bertz CT molecular complexity index is 317. The summed E-state index contributed by atoms with van der Waals surface area (Å²) < 4.78 is 5.80. The van der Waals surface area contributed by atoms with Crippen molar-refractivity contribution < 1.29 is 9.84 Å². The average Bonchev–Trinajstić information content (AvgIpc) is 2.94. The first-order valence-electron chi connectivity index (χ1n) is 5.08. The minimum absolute atomic E-state index is 0.103. The summed E-state index contributed by atoms with van der Waals surface area (Å²) in [5.41, 5.74) is 3.21. The molecule has 1 aromatic carbocycles. The molecule has 0 amide bonds. The predicted molar refractivity (Wildman–Crippen MR) is 55.5 cm³/mol. The molecule has 0 bridgehead atoms. The minimum atomic E-state index is 0.103. The second-order valence-corrected chi connectivity index (χ2v) is 4.03. The molecule has 0 unspecified atom stereocenters. The summed E-state index contributed by atoms with van der Waals surface area (Å²) in [4.78, 5) is 0. The van der Waals surface area contributed by atoms with E-state index in [9.17, 15) is 0 Å². The monoisotopic (exact) mass is 192 g/mol. The van der Waals surface area contributed by atoms with Crippen LogP contribution >= 0.6 is 0 Å². The highest BCUT2D eigenvalue weighted by Crippen LogP contribution is 2.32. The molecule has 0 aliphatic heterocycles. The zero-order chi connectivity index (χ0) is 10.1. The van der Waals surface area contributed by atoms with Gasteiger partial charge in [-0.1, -0.05) is 12.1 Å². The normalized spacial score (nSPS) is 15.6. The molecule has 0 spiro atoms. The summed E-state index contributed by atoms with van der Waals surface area (Å²) in [6.07, 6.45) is 2.80. The summed E-state index contributed by atoms with van der Waals surface area (Å²) in [5.74, 6) is 1.00. The molecule has 2 nitrogen and oxygen atoms in total. The van der Waals surface area contributed by atoms with E-state index in [4.69, 9.17) is 9.84 Å². The molecule has 1 aliphatic carbocycles. The summed E-state index contributed by atoms with van der Waals surface area (Å²) in [7, 11) is 0. The van der Waals surface area contributed by atoms with Gasteiger partial charge in [-0.15, -0.1) is 0 Å². The molecule has 1 N–H and O–H groups in total. The lowest BCUT2D eigenvalue weighted by Gasteiger charge is -2.12. The molecular weight excluding hydrogens is 176 g/mol. The van der Waals surface area contributed by atoms with Gasteiger partial charge in [-0.2, -0.15) is 0 Å². The molecule has 0 radical (unpaired) electrons. The van der Waals surface area contributed by atoms with Gasteiger partial charge in [0.15, 0.2) is 0 Å². The summed E-state index contributed by atoms with van der Waals surface area (Å²) in [5, 5.41) is 9.03. The number of hydrogen-bond donors (Lipinski definition) is 1. The highest BCUT2D eigenvalue weighted by Gasteiger charge is 2.24. The maximum atomic E-state index is 9.03. The summed E-state index contributed by atoms with van der Waals surface area (Å²) in [6, 6.07) is 3.98. The van der Waals surface area contributed by atoms with Gasteiger partial charge >= 0.3 is 0 Å². The van der Waals surface area contributed by atoms with E-state index in [-0.39, 0.29) is 6.61 Å². The maximum absolute atomic E-state index is 9.03. The Balaban J connectivity index is 2.28. The van der Waals surface area contributed by atoms with Crippen LogP contribution in [0.4, 0.5) is 0 Å². The van der Waals surface area contributed by atoms with E-state index in [1.807, 2.05) is 26.0 Å². The Morgan fingerprint density at radius 3 is 2.29 bits per heavy atom. The quantitative estimate of drug-likeness (QED) is 0.796. The van der Waals surface area contributed by atoms with E-state index >= 15 is 0 Å². The second-order valence-electron chi connectivity index (χ2n) is 4.03. The van der Waals surface area contributed by atoms with E-state index in [0.717, 1.165) is 22.4 Å². The molecular formula is C12H16O2. The topological polar surface area (TPSA) is 29.5 Å². The van der Waals surface area contributed by atoms with E-state index in [1.165, 1.54) is 12.8 Å². The minimum Gasteiger partial charge on any atom is -0.490 e. The number of aliphatic hydroxyl groups is 1. The number of aryl methyl sites for hydroxylation is 2. The van der Waals surface area contributed by atoms with Crippen molar-refractivity contribution in [1.29, 1.82) is 0 Å². The Morgan fingerprint density at radius 2 is 1.86 bits per heavy atom. The Labute approximate surface area is 84.5 Å². The van der Waals surface area contributed by atoms with Gasteiger partial charge in [0.05, 0.1) is 12.7 Å². The fourth-order valence-corrected chi connectivity index (χ4v) is 1.67. The van der Waals surface area contributed by atoms with Gasteiger partial charge in [0.1, 0.15) is 5.75 Å². The average molecular weight is 192 g/mol. The maximum Gasteiger partial charge on any atom is 0.125 e. The van der Waals surface area contributed by atoms with Gasteiger partial charge in [-0.25, -0.2) is 0 Å². The number of rotatable bonds is 3. The fourth-order valence-electron chi connectivity index (χ4n) is 1.67. The van der Waals surface area contributed by atoms with E-state index in [1.54, 1.807) is 0 Å². The van der Waals surface area contributed by atoms with Gasteiger partial charge in [-0.3, -0.25) is 0 Å². The zero-order valence-electron chi connectivity index (χ0n) is 8.71. The number of aliphatic hydroxyl groups excluding tert-OH is 1. The summed E-state index contributed by atoms with van der Waals surface area (Å²) in [6.45, 7) is 4.17. The standard InChI is InChI=1S/C12H16O2/c1-8-5-10(7-13)6-9(2)12(8)14-11-3-4-11/h5-6,11,13H,3-4,7H2,1-2H3. The number of benzene rings is 1. The third-order valence-corrected chi connectivity index (χ3v) is 2.51. The van der Waals surface area contributed by atoms with Crippen LogP contribution in [0.2, 0.25) is 0 Å². The Kier molecular flexibility index (Phi) is 2.46. The van der Waals surface area contributed by atoms with Crippen molar-refractivity contribution in [1.82, 2.24) is 0 Å². The molecule has 76 valence electrons. The number of ether oxygens (including phenoxy) is 1. The lowest BCUT2D eigenvalue weighted by Crippen LogP contribution is -2.01. The Hall–Kier alpha value is -1.02. The van der Waals surface area contributed by atoms with Crippen LogP contribution in [0.1, 0.15) is 29.5 Å². The molecule has 1 aromatic rings. The molecule has 1 fully saturated rings. The van der Waals surface area contributed by atoms with Crippen LogP contribution in [0, 0.1) is 13.8 Å². The Morgan fingerprint density at radius 1 is 1.29 bits per heavy atom. The highest BCUT2D eigenvalue weighted by atomic mass is 16.5. The molecule has 2 heteroatoms. The van der Waals surface area contributed by atoms with Crippen LogP contribution in [0.15, 0.2) is 12.1 Å². The third-order valence-electron chi connectivity index (χ3n) is 2.51. The van der Waals surface area contributed by atoms with Gasteiger partial charge in [0.25, 0.3) is 0 Å². The van der Waals surface area contributed by atoms with Crippen LogP contribution in [-0.4, -0.2) is 11.2 Å². The lowest BCUT2D eigenvalue weighted by atomic mass is 10.1. The van der Waals surface area contributed by atoms with Crippen LogP contribution in [0.5, 0.6) is 5.75 Å². The molecule has 0 aromatic heterocycles. The second kappa shape index (κ2) is 3.62. The van der Waals surface area contributed by atoms with Crippen molar-refractivity contribution in [2.45, 2.75) is 39.4 Å². The van der Waals surface area contributed by atoms with Crippen LogP contribution in [-0.2, 0) is 6.61 Å².